The Hall–Kier alpha value is -2.27. The molecule has 2 nitrogen and oxygen atoms in total. The summed E-state index contributed by atoms with van der Waals surface area (Å²) in [6.45, 7) is 0. The van der Waals surface area contributed by atoms with Gasteiger partial charge < -0.3 is 4.74 Å². The maximum atomic E-state index is 9.47. The normalized spacial score (nSPS) is 16.2. The fourth-order valence-corrected chi connectivity index (χ4v) is 2.54. The standard InChI is InChI=1S/C17H15NO/c18-13-17(11-6-12-17)15-9-4-5-10-16(15)19-14-7-2-1-3-8-14/h1-5,7-10H,6,11-12H2. The van der Waals surface area contributed by atoms with Crippen molar-refractivity contribution in [3.05, 3.63) is 60.2 Å². The molecule has 19 heavy (non-hydrogen) atoms. The van der Waals surface area contributed by atoms with Crippen molar-refractivity contribution in [3.8, 4) is 17.6 Å². The van der Waals surface area contributed by atoms with Crippen LogP contribution in [0.4, 0.5) is 0 Å². The van der Waals surface area contributed by atoms with Gasteiger partial charge >= 0.3 is 0 Å². The molecular formula is C17H15NO. The zero-order chi connectivity index (χ0) is 13.1. The molecule has 0 radical (unpaired) electrons. The van der Waals surface area contributed by atoms with Crippen LogP contribution in [0.5, 0.6) is 11.5 Å². The Kier molecular flexibility index (Phi) is 2.97. The Morgan fingerprint density at radius 2 is 1.63 bits per heavy atom. The molecule has 0 aliphatic heterocycles. The van der Waals surface area contributed by atoms with Gasteiger partial charge in [0.05, 0.1) is 11.5 Å². The Balaban J connectivity index is 1.97. The molecule has 1 fully saturated rings. The molecule has 0 aromatic heterocycles. The van der Waals surface area contributed by atoms with E-state index in [1.165, 1.54) is 0 Å². The van der Waals surface area contributed by atoms with Gasteiger partial charge in [0.2, 0.25) is 0 Å². The van der Waals surface area contributed by atoms with E-state index in [9.17, 15) is 5.26 Å². The summed E-state index contributed by atoms with van der Waals surface area (Å²) in [6, 6.07) is 20.1. The van der Waals surface area contributed by atoms with Gasteiger partial charge in [0.1, 0.15) is 11.5 Å². The average Bonchev–Trinajstić information content (AvgIpc) is 2.41. The lowest BCUT2D eigenvalue weighted by molar-refractivity contribution is 0.313. The number of nitriles is 1. The molecule has 1 aliphatic carbocycles. The molecule has 3 rings (SSSR count). The quantitative estimate of drug-likeness (QED) is 0.806. The second kappa shape index (κ2) is 4.78. The fourth-order valence-electron chi connectivity index (χ4n) is 2.54. The number of benzene rings is 2. The lowest BCUT2D eigenvalue weighted by Crippen LogP contribution is -2.32. The largest absolute Gasteiger partial charge is 0.457 e. The minimum Gasteiger partial charge on any atom is -0.457 e. The van der Waals surface area contributed by atoms with E-state index in [-0.39, 0.29) is 5.41 Å². The number of hydrogen-bond acceptors (Lipinski definition) is 2. The van der Waals surface area contributed by atoms with Gasteiger partial charge in [-0.3, -0.25) is 0 Å². The number of para-hydroxylation sites is 2. The number of rotatable bonds is 3. The van der Waals surface area contributed by atoms with Gasteiger partial charge in [0, 0.05) is 5.56 Å². The monoisotopic (exact) mass is 249 g/mol. The number of hydrogen-bond donors (Lipinski definition) is 0. The zero-order valence-electron chi connectivity index (χ0n) is 10.7. The molecular weight excluding hydrogens is 234 g/mol. The Morgan fingerprint density at radius 1 is 0.947 bits per heavy atom. The van der Waals surface area contributed by atoms with Gasteiger partial charge in [0.15, 0.2) is 0 Å². The van der Waals surface area contributed by atoms with E-state index in [1.54, 1.807) is 0 Å². The van der Waals surface area contributed by atoms with Crippen LogP contribution in [0.15, 0.2) is 54.6 Å². The van der Waals surface area contributed by atoms with Crippen molar-refractivity contribution in [1.82, 2.24) is 0 Å². The molecule has 0 amide bonds. The molecule has 94 valence electrons. The van der Waals surface area contributed by atoms with Crippen LogP contribution in [0.1, 0.15) is 24.8 Å². The van der Waals surface area contributed by atoms with Crippen molar-refractivity contribution in [2.75, 3.05) is 0 Å². The molecule has 1 saturated carbocycles. The van der Waals surface area contributed by atoms with Gasteiger partial charge in [-0.05, 0) is 37.5 Å². The maximum absolute atomic E-state index is 9.47. The molecule has 0 saturated heterocycles. The van der Waals surface area contributed by atoms with Crippen molar-refractivity contribution in [2.24, 2.45) is 0 Å². The highest BCUT2D eigenvalue weighted by molar-refractivity contribution is 5.47. The first-order valence-corrected chi connectivity index (χ1v) is 6.58. The zero-order valence-corrected chi connectivity index (χ0v) is 10.7. The van der Waals surface area contributed by atoms with Crippen LogP contribution in [0.25, 0.3) is 0 Å². The second-order valence-electron chi connectivity index (χ2n) is 4.96. The topological polar surface area (TPSA) is 33.0 Å². The lowest BCUT2D eigenvalue weighted by atomic mass is 9.65. The molecule has 1 aliphatic rings. The van der Waals surface area contributed by atoms with Crippen molar-refractivity contribution in [2.45, 2.75) is 24.7 Å². The smallest absolute Gasteiger partial charge is 0.132 e. The third-order valence-corrected chi connectivity index (χ3v) is 3.79. The molecule has 0 heterocycles. The van der Waals surface area contributed by atoms with E-state index in [4.69, 9.17) is 4.74 Å². The molecule has 0 unspecified atom stereocenters. The van der Waals surface area contributed by atoms with Crippen molar-refractivity contribution >= 4 is 0 Å². The SMILES string of the molecule is N#CC1(c2ccccc2Oc2ccccc2)CCC1. The van der Waals surface area contributed by atoms with Crippen LogP contribution < -0.4 is 4.74 Å². The predicted molar refractivity (Wildman–Crippen MR) is 74.1 cm³/mol. The van der Waals surface area contributed by atoms with Crippen LogP contribution in [-0.2, 0) is 5.41 Å². The van der Waals surface area contributed by atoms with E-state index in [0.29, 0.717) is 0 Å². The Labute approximate surface area is 113 Å². The van der Waals surface area contributed by atoms with Crippen molar-refractivity contribution < 1.29 is 4.74 Å². The highest BCUT2D eigenvalue weighted by Gasteiger charge is 2.41. The minimum atomic E-state index is -0.342. The molecule has 0 atom stereocenters. The first-order chi connectivity index (χ1) is 9.34. The van der Waals surface area contributed by atoms with Gasteiger partial charge in [-0.1, -0.05) is 36.4 Å². The van der Waals surface area contributed by atoms with Crippen molar-refractivity contribution in [1.29, 1.82) is 5.26 Å². The molecule has 2 aromatic rings. The van der Waals surface area contributed by atoms with E-state index < -0.39 is 0 Å². The molecule has 0 N–H and O–H groups in total. The summed E-state index contributed by atoms with van der Waals surface area (Å²) < 4.78 is 5.94. The highest BCUT2D eigenvalue weighted by atomic mass is 16.5. The second-order valence-corrected chi connectivity index (χ2v) is 4.96. The molecule has 2 aromatic carbocycles. The summed E-state index contributed by atoms with van der Waals surface area (Å²) in [5.74, 6) is 1.61. The van der Waals surface area contributed by atoms with Crippen LogP contribution in [0.2, 0.25) is 0 Å². The molecule has 0 bridgehead atoms. The van der Waals surface area contributed by atoms with E-state index in [2.05, 4.69) is 6.07 Å². The summed E-state index contributed by atoms with van der Waals surface area (Å²) in [5, 5.41) is 9.47. The van der Waals surface area contributed by atoms with Gasteiger partial charge in [0.25, 0.3) is 0 Å². The number of nitrogens with zero attached hydrogens (tertiary/aromatic N) is 1. The van der Waals surface area contributed by atoms with E-state index in [0.717, 1.165) is 36.3 Å². The van der Waals surface area contributed by atoms with Gasteiger partial charge in [-0.2, -0.15) is 5.26 Å². The highest BCUT2D eigenvalue weighted by Crippen LogP contribution is 2.47. The van der Waals surface area contributed by atoms with Gasteiger partial charge in [-0.15, -0.1) is 0 Å². The summed E-state index contributed by atoms with van der Waals surface area (Å²) in [7, 11) is 0. The lowest BCUT2D eigenvalue weighted by Gasteiger charge is -2.36. The Bertz CT molecular complexity index is 609. The third kappa shape index (κ3) is 2.08. The summed E-state index contributed by atoms with van der Waals surface area (Å²) in [6.07, 6.45) is 2.98. The molecule has 0 spiro atoms. The van der Waals surface area contributed by atoms with E-state index >= 15 is 0 Å². The molecule has 2 heteroatoms. The van der Waals surface area contributed by atoms with E-state index in [1.807, 2.05) is 54.6 Å². The average molecular weight is 249 g/mol. The van der Waals surface area contributed by atoms with Crippen LogP contribution in [0, 0.1) is 11.3 Å². The predicted octanol–water partition coefficient (Wildman–Crippen LogP) is 4.42. The number of ether oxygens (including phenoxy) is 1. The first kappa shape index (κ1) is 11.8. The Morgan fingerprint density at radius 3 is 2.26 bits per heavy atom. The summed E-state index contributed by atoms with van der Waals surface area (Å²) in [4.78, 5) is 0. The third-order valence-electron chi connectivity index (χ3n) is 3.79. The fraction of sp³-hybridized carbons (Fsp3) is 0.235. The first-order valence-electron chi connectivity index (χ1n) is 6.58. The summed E-state index contributed by atoms with van der Waals surface area (Å²) >= 11 is 0. The summed E-state index contributed by atoms with van der Waals surface area (Å²) in [5.41, 5.74) is 0.679. The van der Waals surface area contributed by atoms with Gasteiger partial charge in [-0.25, -0.2) is 0 Å². The van der Waals surface area contributed by atoms with Crippen LogP contribution in [-0.4, -0.2) is 0 Å². The maximum Gasteiger partial charge on any atom is 0.132 e. The minimum absolute atomic E-state index is 0.342. The van der Waals surface area contributed by atoms with Crippen molar-refractivity contribution in [3.63, 3.8) is 0 Å². The van der Waals surface area contributed by atoms with Crippen LogP contribution in [0.3, 0.4) is 0 Å². The van der Waals surface area contributed by atoms with Crippen LogP contribution >= 0.6 is 0 Å².